The SMILES string of the molecule is CC(C)Sc1ccc(NC(=O)CCCc2ccc(Br)cc2)cc1CN(C)C(=O)OC(C)(C)C. The molecule has 2 aromatic rings. The van der Waals surface area contributed by atoms with E-state index < -0.39 is 5.60 Å². The molecule has 0 aliphatic carbocycles. The Labute approximate surface area is 210 Å². The highest BCUT2D eigenvalue weighted by atomic mass is 79.9. The van der Waals surface area contributed by atoms with E-state index in [0.717, 1.165) is 33.5 Å². The highest BCUT2D eigenvalue weighted by Crippen LogP contribution is 2.30. The maximum Gasteiger partial charge on any atom is 0.410 e. The summed E-state index contributed by atoms with van der Waals surface area (Å²) in [5.74, 6) is -0.0113. The van der Waals surface area contributed by atoms with Crippen molar-refractivity contribution in [2.24, 2.45) is 0 Å². The van der Waals surface area contributed by atoms with Gasteiger partial charge in [0.05, 0.1) is 0 Å². The lowest BCUT2D eigenvalue weighted by Crippen LogP contribution is -2.34. The molecule has 0 atom stereocenters. The Morgan fingerprint density at radius 1 is 1.12 bits per heavy atom. The lowest BCUT2D eigenvalue weighted by atomic mass is 10.1. The molecule has 0 aliphatic rings. The fourth-order valence-electron chi connectivity index (χ4n) is 3.14. The van der Waals surface area contributed by atoms with Crippen LogP contribution >= 0.6 is 27.7 Å². The molecule has 2 rings (SSSR count). The van der Waals surface area contributed by atoms with Gasteiger partial charge in [-0.1, -0.05) is 41.9 Å². The summed E-state index contributed by atoms with van der Waals surface area (Å²) in [5.41, 5.74) is 2.39. The van der Waals surface area contributed by atoms with Crippen molar-refractivity contribution in [2.45, 2.75) is 76.2 Å². The maximum absolute atomic E-state index is 12.5. The van der Waals surface area contributed by atoms with Crippen molar-refractivity contribution in [3.05, 3.63) is 58.1 Å². The molecule has 1 N–H and O–H groups in total. The van der Waals surface area contributed by atoms with Gasteiger partial charge in [-0.25, -0.2) is 4.79 Å². The van der Waals surface area contributed by atoms with Crippen molar-refractivity contribution in [1.29, 1.82) is 0 Å². The van der Waals surface area contributed by atoms with Crippen molar-refractivity contribution in [2.75, 3.05) is 12.4 Å². The standard InChI is InChI=1S/C26H35BrN2O3S/c1-18(2)33-23-15-14-22(16-20(23)17-29(6)25(31)32-26(3,4)5)28-24(30)9-7-8-19-10-12-21(27)13-11-19/h10-16,18H,7-9,17H2,1-6H3,(H,28,30). The molecule has 0 radical (unpaired) electrons. The minimum absolute atomic E-state index is 0.0113. The van der Waals surface area contributed by atoms with Crippen LogP contribution in [-0.4, -0.2) is 34.8 Å². The zero-order valence-electron chi connectivity index (χ0n) is 20.4. The van der Waals surface area contributed by atoms with Crippen LogP contribution in [0.5, 0.6) is 0 Å². The molecule has 0 heterocycles. The number of aryl methyl sites for hydroxylation is 1. The largest absolute Gasteiger partial charge is 0.444 e. The van der Waals surface area contributed by atoms with Crippen molar-refractivity contribution < 1.29 is 14.3 Å². The summed E-state index contributed by atoms with van der Waals surface area (Å²) >= 11 is 5.18. The molecule has 0 aromatic heterocycles. The number of carbonyl (C=O) groups excluding carboxylic acids is 2. The minimum Gasteiger partial charge on any atom is -0.444 e. The Bertz CT molecular complexity index is 940. The van der Waals surface area contributed by atoms with Gasteiger partial charge in [0.1, 0.15) is 5.60 Å². The number of ether oxygens (including phenoxy) is 1. The van der Waals surface area contributed by atoms with E-state index in [1.807, 2.05) is 51.1 Å². The molecular formula is C26H35BrN2O3S. The molecule has 33 heavy (non-hydrogen) atoms. The van der Waals surface area contributed by atoms with Crippen LogP contribution in [0.15, 0.2) is 51.8 Å². The summed E-state index contributed by atoms with van der Waals surface area (Å²) in [4.78, 5) is 27.6. The van der Waals surface area contributed by atoms with Gasteiger partial charge in [-0.15, -0.1) is 11.8 Å². The number of nitrogens with one attached hydrogen (secondary N) is 1. The van der Waals surface area contributed by atoms with E-state index >= 15 is 0 Å². The van der Waals surface area contributed by atoms with Crippen LogP contribution in [0.25, 0.3) is 0 Å². The first-order valence-electron chi connectivity index (χ1n) is 11.2. The van der Waals surface area contributed by atoms with Crippen LogP contribution < -0.4 is 5.32 Å². The second-order valence-corrected chi connectivity index (χ2v) is 11.9. The number of hydrogen-bond donors (Lipinski definition) is 1. The van der Waals surface area contributed by atoms with Gasteiger partial charge in [-0.05, 0) is 75.1 Å². The predicted molar refractivity (Wildman–Crippen MR) is 141 cm³/mol. The lowest BCUT2D eigenvalue weighted by molar-refractivity contribution is -0.116. The number of benzene rings is 2. The first-order chi connectivity index (χ1) is 15.4. The topological polar surface area (TPSA) is 58.6 Å². The van der Waals surface area contributed by atoms with E-state index in [0.29, 0.717) is 18.2 Å². The second kappa shape index (κ2) is 12.5. The summed E-state index contributed by atoms with van der Waals surface area (Å²) in [7, 11) is 1.73. The van der Waals surface area contributed by atoms with Crippen LogP contribution in [0.2, 0.25) is 0 Å². The van der Waals surface area contributed by atoms with Gasteiger partial charge < -0.3 is 15.0 Å². The second-order valence-electron chi connectivity index (χ2n) is 9.35. The molecule has 2 aromatic carbocycles. The van der Waals surface area contributed by atoms with Gasteiger partial charge in [0.15, 0.2) is 0 Å². The zero-order valence-corrected chi connectivity index (χ0v) is 22.8. The van der Waals surface area contributed by atoms with Crippen molar-refractivity contribution >= 4 is 45.4 Å². The third-order valence-corrected chi connectivity index (χ3v) is 6.25. The molecular weight excluding hydrogens is 500 g/mol. The number of rotatable bonds is 9. The molecule has 0 saturated carbocycles. The number of amides is 2. The van der Waals surface area contributed by atoms with Gasteiger partial charge in [-0.2, -0.15) is 0 Å². The normalized spacial score (nSPS) is 11.4. The van der Waals surface area contributed by atoms with Crippen molar-refractivity contribution in [3.8, 4) is 0 Å². The first-order valence-corrected chi connectivity index (χ1v) is 12.9. The van der Waals surface area contributed by atoms with E-state index in [1.165, 1.54) is 5.56 Å². The van der Waals surface area contributed by atoms with E-state index in [4.69, 9.17) is 4.74 Å². The monoisotopic (exact) mass is 534 g/mol. The van der Waals surface area contributed by atoms with Gasteiger partial charge >= 0.3 is 6.09 Å². The predicted octanol–water partition coefficient (Wildman–Crippen LogP) is 7.28. The number of carbonyl (C=O) groups is 2. The summed E-state index contributed by atoms with van der Waals surface area (Å²) in [6, 6.07) is 14.1. The van der Waals surface area contributed by atoms with Gasteiger partial charge in [0.2, 0.25) is 5.91 Å². The molecule has 0 saturated heterocycles. The number of halogens is 1. The molecule has 0 aliphatic heterocycles. The molecule has 0 fully saturated rings. The van der Waals surface area contributed by atoms with Crippen LogP contribution in [-0.2, 0) is 22.5 Å². The van der Waals surface area contributed by atoms with Crippen LogP contribution in [0.1, 0.15) is 58.6 Å². The molecule has 0 unspecified atom stereocenters. The van der Waals surface area contributed by atoms with Gasteiger partial charge in [0, 0.05) is 40.3 Å². The third kappa shape index (κ3) is 10.2. The Balaban J connectivity index is 2.02. The van der Waals surface area contributed by atoms with E-state index in [1.54, 1.807) is 23.7 Å². The molecule has 0 bridgehead atoms. The van der Waals surface area contributed by atoms with E-state index in [-0.39, 0.29) is 12.0 Å². The third-order valence-electron chi connectivity index (χ3n) is 4.60. The van der Waals surface area contributed by atoms with Crippen LogP contribution in [0.4, 0.5) is 10.5 Å². The summed E-state index contributed by atoms with van der Waals surface area (Å²) in [6.07, 6.45) is 1.72. The van der Waals surface area contributed by atoms with Gasteiger partial charge in [-0.3, -0.25) is 4.79 Å². The fraction of sp³-hybridized carbons (Fsp3) is 0.462. The highest BCUT2D eigenvalue weighted by Gasteiger charge is 2.21. The number of nitrogens with zero attached hydrogens (tertiary/aromatic N) is 1. The molecule has 5 nitrogen and oxygen atoms in total. The number of hydrogen-bond acceptors (Lipinski definition) is 4. The Morgan fingerprint density at radius 3 is 2.39 bits per heavy atom. The van der Waals surface area contributed by atoms with Crippen molar-refractivity contribution in [1.82, 2.24) is 4.90 Å². The summed E-state index contributed by atoms with van der Waals surface area (Å²) < 4.78 is 6.53. The fourth-order valence-corrected chi connectivity index (χ4v) is 4.33. The summed E-state index contributed by atoms with van der Waals surface area (Å²) in [6.45, 7) is 10.2. The lowest BCUT2D eigenvalue weighted by Gasteiger charge is -2.25. The smallest absolute Gasteiger partial charge is 0.410 e. The average Bonchev–Trinajstić information content (AvgIpc) is 2.70. The van der Waals surface area contributed by atoms with Crippen LogP contribution in [0, 0.1) is 0 Å². The average molecular weight is 536 g/mol. The highest BCUT2D eigenvalue weighted by molar-refractivity contribution is 9.10. The first kappa shape index (κ1) is 27.3. The molecule has 2 amide bonds. The molecule has 180 valence electrons. The minimum atomic E-state index is -0.549. The van der Waals surface area contributed by atoms with Crippen molar-refractivity contribution in [3.63, 3.8) is 0 Å². The quantitative estimate of drug-likeness (QED) is 0.343. The van der Waals surface area contributed by atoms with E-state index in [2.05, 4.69) is 47.2 Å². The Hall–Kier alpha value is -1.99. The van der Waals surface area contributed by atoms with Gasteiger partial charge in [0.25, 0.3) is 0 Å². The number of anilines is 1. The maximum atomic E-state index is 12.5. The molecule has 7 heteroatoms. The van der Waals surface area contributed by atoms with Crippen LogP contribution in [0.3, 0.4) is 0 Å². The molecule has 0 spiro atoms. The Morgan fingerprint density at radius 2 is 1.79 bits per heavy atom. The number of thioether (sulfide) groups is 1. The Kier molecular flexibility index (Phi) is 10.3. The van der Waals surface area contributed by atoms with E-state index in [9.17, 15) is 9.59 Å². The zero-order chi connectivity index (χ0) is 24.6. The summed E-state index contributed by atoms with van der Waals surface area (Å²) in [5, 5.41) is 3.41.